The Bertz CT molecular complexity index is 880. The number of anilines is 1. The lowest BCUT2D eigenvalue weighted by molar-refractivity contribution is 0.240. The molecule has 0 spiro atoms. The topological polar surface area (TPSA) is 57.9 Å². The van der Waals surface area contributed by atoms with Gasteiger partial charge in [0.25, 0.3) is 0 Å². The summed E-state index contributed by atoms with van der Waals surface area (Å²) in [5, 5.41) is 14.5. The summed E-state index contributed by atoms with van der Waals surface area (Å²) < 4.78 is 5.97. The summed E-state index contributed by atoms with van der Waals surface area (Å²) in [6.07, 6.45) is 1.68. The molecule has 0 aliphatic carbocycles. The minimum absolute atomic E-state index is 0.109. The number of aromatic nitrogens is 1. The third-order valence-corrected chi connectivity index (χ3v) is 3.70. The van der Waals surface area contributed by atoms with Gasteiger partial charge in [-0.05, 0) is 42.8 Å². The van der Waals surface area contributed by atoms with Crippen LogP contribution in [-0.2, 0) is 6.54 Å². The molecule has 120 valence electrons. The molecule has 0 unspecified atom stereocenters. The maximum absolute atomic E-state index is 8.85. The van der Waals surface area contributed by atoms with Crippen molar-refractivity contribution in [1.82, 2.24) is 4.98 Å². The largest absolute Gasteiger partial charge is 0.491 e. The van der Waals surface area contributed by atoms with Crippen LogP contribution >= 0.6 is 0 Å². The summed E-state index contributed by atoms with van der Waals surface area (Å²) in [5.41, 5.74) is 1.66. The Morgan fingerprint density at radius 1 is 1.12 bits per heavy atom. The SMILES string of the molecule is CC(C)Oc1ccc2ccccc2c1CNc1ccc(C#N)cn1. The Balaban J connectivity index is 1.92. The zero-order chi connectivity index (χ0) is 16.9. The van der Waals surface area contributed by atoms with Gasteiger partial charge in [0.2, 0.25) is 0 Å². The highest BCUT2D eigenvalue weighted by Gasteiger charge is 2.10. The van der Waals surface area contributed by atoms with Crippen molar-refractivity contribution in [3.05, 3.63) is 65.9 Å². The van der Waals surface area contributed by atoms with Crippen molar-refractivity contribution in [3.8, 4) is 11.8 Å². The van der Waals surface area contributed by atoms with E-state index in [9.17, 15) is 0 Å². The minimum atomic E-state index is 0.109. The van der Waals surface area contributed by atoms with Crippen LogP contribution in [-0.4, -0.2) is 11.1 Å². The Labute approximate surface area is 141 Å². The van der Waals surface area contributed by atoms with Gasteiger partial charge in [-0.25, -0.2) is 4.98 Å². The Morgan fingerprint density at radius 2 is 1.96 bits per heavy atom. The summed E-state index contributed by atoms with van der Waals surface area (Å²) in [6.45, 7) is 4.64. The van der Waals surface area contributed by atoms with E-state index in [1.54, 1.807) is 12.3 Å². The third kappa shape index (κ3) is 3.47. The molecule has 4 nitrogen and oxygen atoms in total. The molecule has 3 rings (SSSR count). The minimum Gasteiger partial charge on any atom is -0.491 e. The first kappa shape index (κ1) is 15.8. The summed E-state index contributed by atoms with van der Waals surface area (Å²) >= 11 is 0. The molecule has 3 aromatic rings. The Morgan fingerprint density at radius 3 is 2.67 bits per heavy atom. The Hall–Kier alpha value is -3.06. The summed E-state index contributed by atoms with van der Waals surface area (Å²) in [4.78, 5) is 4.26. The fraction of sp³-hybridized carbons (Fsp3) is 0.200. The summed E-state index contributed by atoms with van der Waals surface area (Å²) in [5.74, 6) is 1.61. The molecule has 24 heavy (non-hydrogen) atoms. The maximum atomic E-state index is 8.85. The van der Waals surface area contributed by atoms with Crippen LogP contribution in [0, 0.1) is 11.3 Å². The van der Waals surface area contributed by atoms with E-state index in [1.807, 2.05) is 38.1 Å². The van der Waals surface area contributed by atoms with Gasteiger partial charge >= 0.3 is 0 Å². The molecule has 0 amide bonds. The molecule has 0 atom stereocenters. The highest BCUT2D eigenvalue weighted by Crippen LogP contribution is 2.29. The van der Waals surface area contributed by atoms with E-state index in [-0.39, 0.29) is 6.10 Å². The van der Waals surface area contributed by atoms with Gasteiger partial charge in [0.1, 0.15) is 17.6 Å². The quantitative estimate of drug-likeness (QED) is 0.752. The molecule has 0 saturated heterocycles. The van der Waals surface area contributed by atoms with E-state index >= 15 is 0 Å². The summed E-state index contributed by atoms with van der Waals surface area (Å²) in [6, 6.07) is 18.0. The van der Waals surface area contributed by atoms with Gasteiger partial charge in [0.05, 0.1) is 11.7 Å². The van der Waals surface area contributed by atoms with Gasteiger partial charge in [-0.3, -0.25) is 0 Å². The van der Waals surface area contributed by atoms with Crippen LogP contribution in [0.3, 0.4) is 0 Å². The van der Waals surface area contributed by atoms with Crippen molar-refractivity contribution in [2.45, 2.75) is 26.5 Å². The molecule has 0 aliphatic rings. The van der Waals surface area contributed by atoms with E-state index in [0.29, 0.717) is 12.1 Å². The zero-order valence-electron chi connectivity index (χ0n) is 13.8. The highest BCUT2D eigenvalue weighted by molar-refractivity contribution is 5.88. The van der Waals surface area contributed by atoms with Gasteiger partial charge < -0.3 is 10.1 Å². The number of hydrogen-bond donors (Lipinski definition) is 1. The monoisotopic (exact) mass is 317 g/mol. The van der Waals surface area contributed by atoms with E-state index in [1.165, 1.54) is 5.39 Å². The molecular weight excluding hydrogens is 298 g/mol. The number of hydrogen-bond acceptors (Lipinski definition) is 4. The molecule has 2 aromatic carbocycles. The van der Waals surface area contributed by atoms with Crippen molar-refractivity contribution >= 4 is 16.6 Å². The van der Waals surface area contributed by atoms with Crippen LogP contribution in [0.4, 0.5) is 5.82 Å². The second-order valence-corrected chi connectivity index (χ2v) is 5.83. The predicted octanol–water partition coefficient (Wildman–Crippen LogP) is 4.51. The van der Waals surface area contributed by atoms with Gasteiger partial charge in [-0.15, -0.1) is 0 Å². The molecule has 0 fully saturated rings. The molecule has 0 radical (unpaired) electrons. The molecule has 1 N–H and O–H groups in total. The first-order valence-electron chi connectivity index (χ1n) is 7.94. The fourth-order valence-electron chi connectivity index (χ4n) is 2.61. The second-order valence-electron chi connectivity index (χ2n) is 5.83. The van der Waals surface area contributed by atoms with E-state index < -0.39 is 0 Å². The van der Waals surface area contributed by atoms with E-state index in [2.05, 4.69) is 34.6 Å². The molecular formula is C20H19N3O. The van der Waals surface area contributed by atoms with Crippen LogP contribution in [0.25, 0.3) is 10.8 Å². The molecule has 0 saturated carbocycles. The van der Waals surface area contributed by atoms with Crippen molar-refractivity contribution in [3.63, 3.8) is 0 Å². The van der Waals surface area contributed by atoms with Crippen molar-refractivity contribution in [2.75, 3.05) is 5.32 Å². The van der Waals surface area contributed by atoms with Crippen LogP contribution in [0.2, 0.25) is 0 Å². The number of nitrogens with one attached hydrogen (secondary N) is 1. The van der Waals surface area contributed by atoms with E-state index in [0.717, 1.165) is 22.5 Å². The Kier molecular flexibility index (Phi) is 4.62. The molecule has 1 aromatic heterocycles. The smallest absolute Gasteiger partial charge is 0.126 e. The summed E-state index contributed by atoms with van der Waals surface area (Å²) in [7, 11) is 0. The molecule has 0 aliphatic heterocycles. The number of benzene rings is 2. The number of nitriles is 1. The van der Waals surface area contributed by atoms with Gasteiger partial charge in [0, 0.05) is 18.3 Å². The van der Waals surface area contributed by atoms with Crippen LogP contribution in [0.5, 0.6) is 5.75 Å². The maximum Gasteiger partial charge on any atom is 0.126 e. The number of fused-ring (bicyclic) bond motifs is 1. The van der Waals surface area contributed by atoms with Gasteiger partial charge in [-0.1, -0.05) is 30.3 Å². The lowest BCUT2D eigenvalue weighted by Gasteiger charge is -2.17. The number of rotatable bonds is 5. The van der Waals surface area contributed by atoms with Crippen molar-refractivity contribution < 1.29 is 4.74 Å². The van der Waals surface area contributed by atoms with Crippen molar-refractivity contribution in [2.24, 2.45) is 0 Å². The number of pyridine rings is 1. The number of ether oxygens (including phenoxy) is 1. The third-order valence-electron chi connectivity index (χ3n) is 3.70. The standard InChI is InChI=1S/C20H19N3O/c1-14(2)24-19-9-8-16-5-3-4-6-17(16)18(19)13-23-20-10-7-15(11-21)12-22-20/h3-10,12,14H,13H2,1-2H3,(H,22,23). The molecule has 1 heterocycles. The predicted molar refractivity (Wildman–Crippen MR) is 96.0 cm³/mol. The van der Waals surface area contributed by atoms with Gasteiger partial charge in [0.15, 0.2) is 0 Å². The van der Waals surface area contributed by atoms with Crippen LogP contribution < -0.4 is 10.1 Å². The van der Waals surface area contributed by atoms with Gasteiger partial charge in [-0.2, -0.15) is 5.26 Å². The second kappa shape index (κ2) is 7.01. The normalized spacial score (nSPS) is 10.6. The fourth-order valence-corrected chi connectivity index (χ4v) is 2.61. The average Bonchev–Trinajstić information content (AvgIpc) is 2.60. The van der Waals surface area contributed by atoms with Crippen LogP contribution in [0.15, 0.2) is 54.7 Å². The van der Waals surface area contributed by atoms with Crippen LogP contribution in [0.1, 0.15) is 25.0 Å². The molecule has 4 heteroatoms. The lowest BCUT2D eigenvalue weighted by atomic mass is 10.0. The number of nitrogens with zero attached hydrogens (tertiary/aromatic N) is 2. The first-order chi connectivity index (χ1) is 11.7. The zero-order valence-corrected chi connectivity index (χ0v) is 13.8. The lowest BCUT2D eigenvalue weighted by Crippen LogP contribution is -2.10. The first-order valence-corrected chi connectivity index (χ1v) is 7.94. The average molecular weight is 317 g/mol. The van der Waals surface area contributed by atoms with Crippen molar-refractivity contribution in [1.29, 1.82) is 5.26 Å². The highest BCUT2D eigenvalue weighted by atomic mass is 16.5. The van der Waals surface area contributed by atoms with E-state index in [4.69, 9.17) is 10.00 Å². The molecule has 0 bridgehead atoms.